The summed E-state index contributed by atoms with van der Waals surface area (Å²) in [6, 6.07) is 4.50. The Morgan fingerprint density at radius 2 is 2.08 bits per heavy atom. The van der Waals surface area contributed by atoms with Crippen LogP contribution in [-0.4, -0.2) is 87.6 Å². The number of carbonyl (C=O) groups is 1. The Balaban J connectivity index is 0.00000102. The van der Waals surface area contributed by atoms with Gasteiger partial charge in [-0.1, -0.05) is 17.9 Å². The van der Waals surface area contributed by atoms with Crippen molar-refractivity contribution < 1.29 is 9.90 Å². The van der Waals surface area contributed by atoms with E-state index in [1.54, 1.807) is 6.92 Å². The number of hydrogen-bond donors (Lipinski definition) is 2. The number of pyridine rings is 1. The second-order valence-electron chi connectivity index (χ2n) is 9.67. The van der Waals surface area contributed by atoms with Crippen molar-refractivity contribution in [1.29, 1.82) is 0 Å². The fourth-order valence-corrected chi connectivity index (χ4v) is 5.25. The maximum Gasteiger partial charge on any atom is 0.207 e. The van der Waals surface area contributed by atoms with Crippen LogP contribution in [0.15, 0.2) is 36.2 Å². The Bertz CT molecular complexity index is 1160. The monoisotopic (exact) mass is 505 g/mol. The van der Waals surface area contributed by atoms with Crippen molar-refractivity contribution in [2.45, 2.75) is 45.3 Å². The Morgan fingerprint density at radius 3 is 2.84 bits per heavy atom. The standard InChI is InChI=1S/C26H33N7O.C2H6O/c1-30-13-15-32(16-14-30)25-11-4-3-10-24-29-21(23(33(24)25)17-27-19-34)18-31(2)22-9-5-7-20-8-6-12-28-26(20)22;1-2-3/h3-4,6,8,10,12,19,22H,5,7,9,13-18H2,1-2H3,(H,27,34);3H,2H2,1H3/t22-;/m0./s1. The SMILES string of the molecule is CCO.CN1CCN(C2=C=CC=Cc3nc(CN(C)[C@H]4CCCc5cccnc54)c(CNC=O)n32)CC1. The van der Waals surface area contributed by atoms with Crippen LogP contribution in [0.4, 0.5) is 0 Å². The van der Waals surface area contributed by atoms with Crippen molar-refractivity contribution in [3.8, 4) is 0 Å². The molecule has 0 unspecified atom stereocenters. The van der Waals surface area contributed by atoms with Crippen molar-refractivity contribution in [1.82, 2.24) is 34.6 Å². The van der Waals surface area contributed by atoms with E-state index >= 15 is 0 Å². The first kappa shape index (κ1) is 26.8. The smallest absolute Gasteiger partial charge is 0.207 e. The van der Waals surface area contributed by atoms with Gasteiger partial charge in [0.1, 0.15) is 5.82 Å². The molecule has 37 heavy (non-hydrogen) atoms. The minimum absolute atomic E-state index is 0.250. The van der Waals surface area contributed by atoms with Gasteiger partial charge in [-0.3, -0.25) is 19.2 Å². The largest absolute Gasteiger partial charge is 0.397 e. The molecule has 2 aromatic heterocycles. The average molecular weight is 506 g/mol. The van der Waals surface area contributed by atoms with Gasteiger partial charge in [0.15, 0.2) is 5.82 Å². The Kier molecular flexibility index (Phi) is 9.30. The van der Waals surface area contributed by atoms with Crippen LogP contribution in [0.2, 0.25) is 0 Å². The van der Waals surface area contributed by atoms with E-state index < -0.39 is 0 Å². The van der Waals surface area contributed by atoms with Crippen LogP contribution >= 0.6 is 0 Å². The minimum atomic E-state index is 0.250. The third-order valence-corrected chi connectivity index (χ3v) is 7.10. The summed E-state index contributed by atoms with van der Waals surface area (Å²) in [4.78, 5) is 28.1. The molecular formula is C28H39N7O2. The van der Waals surface area contributed by atoms with Gasteiger partial charge in [0.25, 0.3) is 0 Å². The summed E-state index contributed by atoms with van der Waals surface area (Å²) in [5, 5.41) is 10.5. The molecule has 0 radical (unpaired) electrons. The number of carbonyl (C=O) groups excluding carboxylic acids is 1. The third-order valence-electron chi connectivity index (χ3n) is 7.10. The van der Waals surface area contributed by atoms with E-state index in [1.807, 2.05) is 30.5 Å². The first-order valence-corrected chi connectivity index (χ1v) is 13.2. The number of likely N-dealkylation sites (N-methyl/N-ethyl adjacent to an activating group) is 1. The molecule has 1 fully saturated rings. The summed E-state index contributed by atoms with van der Waals surface area (Å²) in [5.41, 5.74) is 8.00. The molecule has 1 saturated heterocycles. The van der Waals surface area contributed by atoms with Crippen molar-refractivity contribution in [3.05, 3.63) is 64.7 Å². The number of aliphatic hydroxyl groups is 1. The molecule has 2 aliphatic heterocycles. The summed E-state index contributed by atoms with van der Waals surface area (Å²) in [6.45, 7) is 6.92. The molecule has 198 valence electrons. The number of aromatic nitrogens is 3. The van der Waals surface area contributed by atoms with Crippen molar-refractivity contribution in [2.75, 3.05) is 46.9 Å². The second kappa shape index (κ2) is 12.8. The van der Waals surface area contributed by atoms with Gasteiger partial charge in [0.05, 0.1) is 29.7 Å². The maximum absolute atomic E-state index is 11.3. The number of allylic oxidation sites excluding steroid dienone is 2. The number of amides is 1. The van der Waals surface area contributed by atoms with Crippen molar-refractivity contribution in [3.63, 3.8) is 0 Å². The molecule has 5 rings (SSSR count). The predicted molar refractivity (Wildman–Crippen MR) is 145 cm³/mol. The lowest BCUT2D eigenvalue weighted by Gasteiger charge is -2.35. The van der Waals surface area contributed by atoms with Crippen LogP contribution in [0.25, 0.3) is 11.9 Å². The third kappa shape index (κ3) is 6.19. The predicted octanol–water partition coefficient (Wildman–Crippen LogP) is 2.26. The molecular weight excluding hydrogens is 466 g/mol. The van der Waals surface area contributed by atoms with Crippen LogP contribution in [0.3, 0.4) is 0 Å². The van der Waals surface area contributed by atoms with E-state index in [2.05, 4.69) is 50.5 Å². The van der Waals surface area contributed by atoms with E-state index in [1.165, 1.54) is 11.3 Å². The lowest BCUT2D eigenvalue weighted by molar-refractivity contribution is -0.109. The summed E-state index contributed by atoms with van der Waals surface area (Å²) < 4.78 is 2.18. The van der Waals surface area contributed by atoms with E-state index in [-0.39, 0.29) is 12.6 Å². The molecule has 0 aromatic carbocycles. The van der Waals surface area contributed by atoms with Gasteiger partial charge in [-0.25, -0.2) is 4.98 Å². The zero-order chi connectivity index (χ0) is 26.2. The molecule has 1 aliphatic carbocycles. The number of rotatable bonds is 7. The maximum atomic E-state index is 11.3. The highest BCUT2D eigenvalue weighted by atomic mass is 16.2. The van der Waals surface area contributed by atoms with E-state index in [4.69, 9.17) is 15.1 Å². The highest BCUT2D eigenvalue weighted by Gasteiger charge is 2.29. The minimum Gasteiger partial charge on any atom is -0.397 e. The zero-order valence-electron chi connectivity index (χ0n) is 22.2. The van der Waals surface area contributed by atoms with Crippen LogP contribution in [0.1, 0.15) is 54.3 Å². The van der Waals surface area contributed by atoms with Crippen LogP contribution in [0, 0.1) is 0 Å². The van der Waals surface area contributed by atoms with E-state index in [0.29, 0.717) is 13.1 Å². The molecule has 1 amide bonds. The van der Waals surface area contributed by atoms with Gasteiger partial charge in [-0.2, -0.15) is 0 Å². The Labute approximate surface area is 219 Å². The number of imidazole rings is 1. The van der Waals surface area contributed by atoms with Crippen molar-refractivity contribution >= 4 is 18.3 Å². The summed E-state index contributed by atoms with van der Waals surface area (Å²) >= 11 is 0. The first-order chi connectivity index (χ1) is 18.1. The molecule has 1 atom stereocenters. The van der Waals surface area contributed by atoms with Crippen LogP contribution in [0.5, 0.6) is 0 Å². The number of piperazine rings is 1. The summed E-state index contributed by atoms with van der Waals surface area (Å²) in [7, 11) is 4.31. The molecule has 0 spiro atoms. The van der Waals surface area contributed by atoms with E-state index in [9.17, 15) is 4.79 Å². The van der Waals surface area contributed by atoms with Gasteiger partial charge in [-0.15, -0.1) is 0 Å². The van der Waals surface area contributed by atoms with Gasteiger partial charge >= 0.3 is 0 Å². The lowest BCUT2D eigenvalue weighted by Crippen LogP contribution is -2.44. The van der Waals surface area contributed by atoms with Crippen LogP contribution < -0.4 is 5.32 Å². The number of aryl methyl sites for hydroxylation is 1. The molecule has 9 heteroatoms. The fourth-order valence-electron chi connectivity index (χ4n) is 5.25. The number of fused-ring (bicyclic) bond motifs is 2. The van der Waals surface area contributed by atoms with Crippen molar-refractivity contribution in [2.24, 2.45) is 0 Å². The van der Waals surface area contributed by atoms with Gasteiger partial charge < -0.3 is 20.2 Å². The Morgan fingerprint density at radius 1 is 1.30 bits per heavy atom. The molecule has 0 bridgehead atoms. The molecule has 3 aliphatic rings. The van der Waals surface area contributed by atoms with Gasteiger partial charge in [0, 0.05) is 45.5 Å². The highest BCUT2D eigenvalue weighted by molar-refractivity contribution is 5.59. The average Bonchev–Trinajstić information content (AvgIpc) is 3.10. The van der Waals surface area contributed by atoms with Gasteiger partial charge in [-0.05, 0) is 64.1 Å². The van der Waals surface area contributed by atoms with Crippen LogP contribution in [-0.2, 0) is 24.3 Å². The highest BCUT2D eigenvalue weighted by Crippen LogP contribution is 2.33. The number of aliphatic hydroxyl groups excluding tert-OH is 1. The topological polar surface area (TPSA) is 89.8 Å². The molecule has 0 saturated carbocycles. The fraction of sp³-hybridized carbons (Fsp3) is 0.500. The number of hydrogen-bond acceptors (Lipinski definition) is 7. The quantitative estimate of drug-likeness (QED) is 0.441. The molecule has 9 nitrogen and oxygen atoms in total. The normalized spacial score (nSPS) is 18.9. The van der Waals surface area contributed by atoms with Gasteiger partial charge in [0.2, 0.25) is 6.41 Å². The molecule has 4 heterocycles. The molecule has 2 N–H and O–H groups in total. The second-order valence-corrected chi connectivity index (χ2v) is 9.67. The summed E-state index contributed by atoms with van der Waals surface area (Å²) in [5.74, 6) is 1.88. The lowest BCUT2D eigenvalue weighted by atomic mass is 9.91. The number of nitrogens with zero attached hydrogens (tertiary/aromatic N) is 6. The first-order valence-electron chi connectivity index (χ1n) is 13.2. The zero-order valence-corrected chi connectivity index (χ0v) is 22.2. The number of nitrogens with one attached hydrogen (secondary N) is 1. The van der Waals surface area contributed by atoms with E-state index in [0.717, 1.165) is 74.9 Å². The summed E-state index contributed by atoms with van der Waals surface area (Å²) in [6.07, 6.45) is 12.0. The Hall–Kier alpha value is -3.23. The molecule has 2 aromatic rings.